The fourth-order valence-corrected chi connectivity index (χ4v) is 5.53. The van der Waals surface area contributed by atoms with Gasteiger partial charge in [0, 0.05) is 6.84 Å². The fraction of sp³-hybridized carbons (Fsp3) is 0.923. The molecule has 1 rings (SSSR count). The van der Waals surface area contributed by atoms with Gasteiger partial charge in [0.2, 0.25) is 5.91 Å². The van der Waals surface area contributed by atoms with Gasteiger partial charge < -0.3 is 5.32 Å². The van der Waals surface area contributed by atoms with Gasteiger partial charge in [-0.2, -0.15) is 8.42 Å². The number of nitrogens with one attached hydrogen (secondary N) is 1. The van der Waals surface area contributed by atoms with E-state index in [9.17, 15) is 13.2 Å². The Labute approximate surface area is 154 Å². The molecule has 1 aliphatic rings. The second-order valence-corrected chi connectivity index (χ2v) is 14.2. The van der Waals surface area contributed by atoms with E-state index in [1.807, 2.05) is 6.92 Å². The number of alkyl halides is 2. The topological polar surface area (TPSA) is 83.5 Å². The summed E-state index contributed by atoms with van der Waals surface area (Å²) in [5.41, 5.74) is -1.48. The highest BCUT2D eigenvalue weighted by atomic mass is 127. The Balaban J connectivity index is 2.91. The molecule has 0 heterocycles. The standard InChI is InChI=1S/C13H23I2NO4S/c1-10(2,14)6-13(7-12(13,5)15)9(17)16-11(3,4)8-21(18,19)20/h6-8H2,1-5H3,(H,16,17)(H,18,19,20). The molecule has 2 N–H and O–H groups in total. The van der Waals surface area contributed by atoms with E-state index in [0.717, 1.165) is 12.8 Å². The van der Waals surface area contributed by atoms with Crippen molar-refractivity contribution in [1.82, 2.24) is 5.32 Å². The van der Waals surface area contributed by atoms with Gasteiger partial charge in [-0.3, -0.25) is 9.35 Å². The van der Waals surface area contributed by atoms with E-state index in [4.69, 9.17) is 4.55 Å². The van der Waals surface area contributed by atoms with Gasteiger partial charge in [0.15, 0.2) is 0 Å². The lowest BCUT2D eigenvalue weighted by Crippen LogP contribution is -2.52. The van der Waals surface area contributed by atoms with E-state index in [-0.39, 0.29) is 12.8 Å². The van der Waals surface area contributed by atoms with Crippen LogP contribution in [0.5, 0.6) is 0 Å². The predicted molar refractivity (Wildman–Crippen MR) is 101 cm³/mol. The highest BCUT2D eigenvalue weighted by Crippen LogP contribution is 2.66. The zero-order chi connectivity index (χ0) is 16.9. The minimum atomic E-state index is -4.13. The van der Waals surface area contributed by atoms with Crippen LogP contribution in [0.25, 0.3) is 0 Å². The maximum atomic E-state index is 12.7. The molecule has 0 aromatic carbocycles. The Morgan fingerprint density at radius 1 is 1.33 bits per heavy atom. The largest absolute Gasteiger partial charge is 0.350 e. The van der Waals surface area contributed by atoms with Crippen molar-refractivity contribution in [1.29, 1.82) is 0 Å². The summed E-state index contributed by atoms with van der Waals surface area (Å²) >= 11 is 4.64. The molecule has 1 amide bonds. The molecule has 5 nitrogen and oxygen atoms in total. The molecule has 0 aromatic rings. The number of rotatable bonds is 6. The average molecular weight is 543 g/mol. The summed E-state index contributed by atoms with van der Waals surface area (Å²) in [7, 11) is -4.13. The van der Waals surface area contributed by atoms with Crippen LogP contribution in [0.15, 0.2) is 0 Å². The molecular weight excluding hydrogens is 520 g/mol. The SMILES string of the molecule is CC(C)(I)CC1(C(=O)NC(C)(C)CS(=O)(=O)O)CC1(C)I. The Kier molecular flexibility index (Phi) is 5.43. The van der Waals surface area contributed by atoms with Crippen LogP contribution in [0.2, 0.25) is 0 Å². The number of carbonyl (C=O) groups excluding carboxylic acids is 1. The highest BCUT2D eigenvalue weighted by molar-refractivity contribution is 14.1. The third-order valence-electron chi connectivity index (χ3n) is 3.66. The molecule has 2 atom stereocenters. The van der Waals surface area contributed by atoms with Crippen LogP contribution in [-0.4, -0.2) is 37.0 Å². The van der Waals surface area contributed by atoms with Crippen molar-refractivity contribution in [3.8, 4) is 0 Å². The third-order valence-corrected chi connectivity index (χ3v) is 6.54. The fourth-order valence-electron chi connectivity index (χ4n) is 2.80. The molecule has 1 fully saturated rings. The molecule has 0 spiro atoms. The van der Waals surface area contributed by atoms with Gasteiger partial charge in [0.05, 0.1) is 16.7 Å². The third kappa shape index (κ3) is 5.45. The van der Waals surface area contributed by atoms with Crippen molar-refractivity contribution in [2.24, 2.45) is 5.41 Å². The van der Waals surface area contributed by atoms with Crippen molar-refractivity contribution in [2.75, 3.05) is 5.75 Å². The molecule has 0 aromatic heterocycles. The summed E-state index contributed by atoms with van der Waals surface area (Å²) in [6.45, 7) is 9.42. The van der Waals surface area contributed by atoms with Gasteiger partial charge >= 0.3 is 0 Å². The molecule has 8 heteroatoms. The van der Waals surface area contributed by atoms with Gasteiger partial charge in [-0.05, 0) is 33.6 Å². The van der Waals surface area contributed by atoms with E-state index in [0.29, 0.717) is 0 Å². The maximum Gasteiger partial charge on any atom is 0.267 e. The summed E-state index contributed by atoms with van der Waals surface area (Å²) in [5, 5.41) is 2.81. The van der Waals surface area contributed by atoms with Crippen LogP contribution < -0.4 is 5.32 Å². The molecule has 0 aliphatic heterocycles. The van der Waals surface area contributed by atoms with E-state index in [1.54, 1.807) is 13.8 Å². The molecule has 0 radical (unpaired) electrons. The van der Waals surface area contributed by atoms with Crippen molar-refractivity contribution >= 4 is 61.2 Å². The van der Waals surface area contributed by atoms with Gasteiger partial charge in [-0.1, -0.05) is 59.0 Å². The predicted octanol–water partition coefficient (Wildman–Crippen LogP) is 2.96. The summed E-state index contributed by atoms with van der Waals surface area (Å²) in [5.74, 6) is -0.620. The summed E-state index contributed by atoms with van der Waals surface area (Å²) in [6, 6.07) is 0. The van der Waals surface area contributed by atoms with Crippen LogP contribution in [0, 0.1) is 5.41 Å². The first-order valence-electron chi connectivity index (χ1n) is 6.65. The average Bonchev–Trinajstić information content (AvgIpc) is 2.59. The molecule has 1 saturated carbocycles. The second kappa shape index (κ2) is 5.73. The molecule has 0 bridgehead atoms. The van der Waals surface area contributed by atoms with Crippen LogP contribution in [0.4, 0.5) is 0 Å². The van der Waals surface area contributed by atoms with Crippen molar-refractivity contribution in [3.63, 3.8) is 0 Å². The van der Waals surface area contributed by atoms with Crippen molar-refractivity contribution in [3.05, 3.63) is 0 Å². The van der Waals surface area contributed by atoms with E-state index >= 15 is 0 Å². The minimum Gasteiger partial charge on any atom is -0.350 e. The van der Waals surface area contributed by atoms with Crippen molar-refractivity contribution in [2.45, 2.75) is 59.8 Å². The van der Waals surface area contributed by atoms with Gasteiger partial charge in [0.25, 0.3) is 10.1 Å². The minimum absolute atomic E-state index is 0.0226. The van der Waals surface area contributed by atoms with E-state index < -0.39 is 26.8 Å². The van der Waals surface area contributed by atoms with Crippen molar-refractivity contribution < 1.29 is 17.8 Å². The zero-order valence-corrected chi connectivity index (χ0v) is 18.1. The normalized spacial score (nSPS) is 30.1. The first-order chi connectivity index (χ1) is 9.00. The molecule has 0 saturated heterocycles. The monoisotopic (exact) mass is 543 g/mol. The van der Waals surface area contributed by atoms with Gasteiger partial charge in [0.1, 0.15) is 0 Å². The zero-order valence-electron chi connectivity index (χ0n) is 13.0. The number of carbonyl (C=O) groups is 1. The first kappa shape index (κ1) is 19.9. The number of halogens is 2. The highest BCUT2D eigenvalue weighted by Gasteiger charge is 2.68. The lowest BCUT2D eigenvalue weighted by molar-refractivity contribution is -0.128. The van der Waals surface area contributed by atoms with Crippen LogP contribution in [0.1, 0.15) is 47.5 Å². The molecule has 124 valence electrons. The molecule has 2 unspecified atom stereocenters. The molecular formula is C13H23I2NO4S. The smallest absolute Gasteiger partial charge is 0.267 e. The Hall–Kier alpha value is 0.840. The molecule has 1 aliphatic carbocycles. The van der Waals surface area contributed by atoms with E-state index in [2.05, 4.69) is 64.3 Å². The van der Waals surface area contributed by atoms with Crippen LogP contribution in [-0.2, 0) is 14.9 Å². The Bertz CT molecular complexity index is 537. The summed E-state index contributed by atoms with van der Waals surface area (Å²) < 4.78 is 31.0. The number of hydrogen-bond acceptors (Lipinski definition) is 3. The summed E-state index contributed by atoms with van der Waals surface area (Å²) in [6.07, 6.45) is 1.51. The lowest BCUT2D eigenvalue weighted by atomic mass is 9.90. The first-order valence-corrected chi connectivity index (χ1v) is 10.4. The van der Waals surface area contributed by atoms with Gasteiger partial charge in [-0.15, -0.1) is 0 Å². The summed E-state index contributed by atoms with van der Waals surface area (Å²) in [4.78, 5) is 12.7. The second-order valence-electron chi connectivity index (χ2n) is 7.42. The Morgan fingerprint density at radius 3 is 2.05 bits per heavy atom. The molecule has 21 heavy (non-hydrogen) atoms. The van der Waals surface area contributed by atoms with Crippen LogP contribution in [0.3, 0.4) is 0 Å². The number of hydrogen-bond donors (Lipinski definition) is 2. The number of amides is 1. The van der Waals surface area contributed by atoms with Gasteiger partial charge in [-0.25, -0.2) is 0 Å². The Morgan fingerprint density at radius 2 is 1.76 bits per heavy atom. The lowest BCUT2D eigenvalue weighted by Gasteiger charge is -2.31. The van der Waals surface area contributed by atoms with E-state index in [1.165, 1.54) is 0 Å². The quantitative estimate of drug-likeness (QED) is 0.307. The van der Waals surface area contributed by atoms with Crippen LogP contribution >= 0.6 is 45.2 Å². The maximum absolute atomic E-state index is 12.7.